The Morgan fingerprint density at radius 1 is 1.65 bits per heavy atom. The quantitative estimate of drug-likeness (QED) is 0.450. The summed E-state index contributed by atoms with van der Waals surface area (Å²) in [5.41, 5.74) is 0.152. The Bertz CT molecular complexity index is 467. The van der Waals surface area contributed by atoms with Gasteiger partial charge in [0.15, 0.2) is 5.71 Å². The van der Waals surface area contributed by atoms with E-state index in [1.165, 1.54) is 18.4 Å². The summed E-state index contributed by atoms with van der Waals surface area (Å²) in [7, 11) is 0.265. The van der Waals surface area contributed by atoms with Crippen LogP contribution in [0.2, 0.25) is 0 Å². The number of nitrogens with zero attached hydrogens (tertiary/aromatic N) is 1. The van der Waals surface area contributed by atoms with Crippen molar-refractivity contribution < 1.29 is 24.0 Å². The SMILES string of the molecule is CO/N=C(\C(=O)NC1COCCOB1O)c1cccs1. The monoisotopic (exact) mass is 298 g/mol. The third-order valence-electron chi connectivity index (χ3n) is 2.63. The van der Waals surface area contributed by atoms with E-state index in [0.717, 1.165) is 0 Å². The normalized spacial score (nSPS) is 20.4. The molecule has 1 aromatic rings. The Hall–Kier alpha value is -1.42. The van der Waals surface area contributed by atoms with E-state index in [9.17, 15) is 9.82 Å². The number of thiophene rings is 1. The van der Waals surface area contributed by atoms with Crippen LogP contribution >= 0.6 is 11.3 Å². The third-order valence-corrected chi connectivity index (χ3v) is 3.50. The number of rotatable bonds is 4. The van der Waals surface area contributed by atoms with Gasteiger partial charge in [-0.15, -0.1) is 11.3 Å². The zero-order valence-electron chi connectivity index (χ0n) is 10.9. The van der Waals surface area contributed by atoms with Crippen molar-refractivity contribution in [2.45, 2.75) is 5.94 Å². The minimum atomic E-state index is -1.10. The molecule has 1 saturated heterocycles. The van der Waals surface area contributed by atoms with Gasteiger partial charge in [0.1, 0.15) is 7.11 Å². The molecule has 1 fully saturated rings. The topological polar surface area (TPSA) is 89.4 Å². The summed E-state index contributed by atoms with van der Waals surface area (Å²) < 4.78 is 10.3. The molecule has 2 rings (SSSR count). The van der Waals surface area contributed by atoms with Crippen molar-refractivity contribution in [3.63, 3.8) is 0 Å². The van der Waals surface area contributed by atoms with E-state index >= 15 is 0 Å². The van der Waals surface area contributed by atoms with Gasteiger partial charge in [0.25, 0.3) is 5.91 Å². The van der Waals surface area contributed by atoms with Crippen molar-refractivity contribution in [1.82, 2.24) is 5.32 Å². The molecule has 9 heteroatoms. The van der Waals surface area contributed by atoms with Crippen molar-refractivity contribution in [1.29, 1.82) is 0 Å². The van der Waals surface area contributed by atoms with Crippen molar-refractivity contribution in [3.8, 4) is 0 Å². The molecule has 108 valence electrons. The van der Waals surface area contributed by atoms with E-state index < -0.39 is 19.0 Å². The van der Waals surface area contributed by atoms with E-state index in [0.29, 0.717) is 11.5 Å². The second kappa shape index (κ2) is 7.39. The van der Waals surface area contributed by atoms with Gasteiger partial charge in [0.2, 0.25) is 0 Å². The lowest BCUT2D eigenvalue weighted by Gasteiger charge is -2.17. The maximum absolute atomic E-state index is 12.2. The molecular formula is C11H15BN2O5S. The third kappa shape index (κ3) is 3.79. The maximum atomic E-state index is 12.2. The molecule has 2 heterocycles. The lowest BCUT2D eigenvalue weighted by atomic mass is 9.79. The largest absolute Gasteiger partial charge is 0.480 e. The fourth-order valence-corrected chi connectivity index (χ4v) is 2.39. The first-order chi connectivity index (χ1) is 9.72. The van der Waals surface area contributed by atoms with Gasteiger partial charge in [-0.25, -0.2) is 0 Å². The molecule has 1 atom stereocenters. The summed E-state index contributed by atoms with van der Waals surface area (Å²) in [6, 6.07) is 3.57. The van der Waals surface area contributed by atoms with Crippen LogP contribution in [-0.2, 0) is 19.0 Å². The van der Waals surface area contributed by atoms with Crippen LogP contribution < -0.4 is 5.32 Å². The second-order valence-corrected chi connectivity index (χ2v) is 4.96. The fourth-order valence-electron chi connectivity index (χ4n) is 1.69. The van der Waals surface area contributed by atoms with Crippen LogP contribution in [0.1, 0.15) is 4.88 Å². The zero-order chi connectivity index (χ0) is 14.4. The van der Waals surface area contributed by atoms with Crippen LogP contribution in [0, 0.1) is 0 Å². The molecule has 0 bridgehead atoms. The average Bonchev–Trinajstić information content (AvgIpc) is 2.89. The van der Waals surface area contributed by atoms with Gasteiger partial charge in [-0.2, -0.15) is 0 Å². The molecule has 1 amide bonds. The van der Waals surface area contributed by atoms with Gasteiger partial charge < -0.3 is 24.6 Å². The molecule has 20 heavy (non-hydrogen) atoms. The van der Waals surface area contributed by atoms with Crippen LogP contribution in [0.15, 0.2) is 22.7 Å². The highest BCUT2D eigenvalue weighted by molar-refractivity contribution is 7.13. The van der Waals surface area contributed by atoms with E-state index in [2.05, 4.69) is 10.5 Å². The van der Waals surface area contributed by atoms with Crippen molar-refractivity contribution in [2.24, 2.45) is 5.16 Å². The van der Waals surface area contributed by atoms with Gasteiger partial charge in [-0.05, 0) is 11.4 Å². The zero-order valence-corrected chi connectivity index (χ0v) is 11.8. The number of nitrogens with one attached hydrogen (secondary N) is 1. The van der Waals surface area contributed by atoms with Crippen molar-refractivity contribution in [2.75, 3.05) is 26.9 Å². The van der Waals surface area contributed by atoms with E-state index in [4.69, 9.17) is 14.2 Å². The fraction of sp³-hybridized carbons (Fsp3) is 0.455. The summed E-state index contributed by atoms with van der Waals surface area (Å²) in [4.78, 5) is 17.6. The second-order valence-electron chi connectivity index (χ2n) is 4.02. The molecule has 0 aliphatic carbocycles. The first-order valence-electron chi connectivity index (χ1n) is 6.05. The smallest absolute Gasteiger partial charge is 0.426 e. The summed E-state index contributed by atoms with van der Waals surface area (Å²) in [5.74, 6) is -1.10. The lowest BCUT2D eigenvalue weighted by molar-refractivity contribution is -0.115. The molecule has 2 N–H and O–H groups in total. The van der Waals surface area contributed by atoms with Crippen LogP contribution in [0.3, 0.4) is 0 Å². The number of hydrogen-bond donors (Lipinski definition) is 2. The molecule has 0 radical (unpaired) electrons. The lowest BCUT2D eigenvalue weighted by Crippen LogP contribution is -2.51. The standard InChI is InChI=1S/C11H15BN2O5S/c1-17-14-10(8-3-2-6-20-8)11(15)13-9-7-18-4-5-19-12(9)16/h2-3,6,9,16H,4-5,7H2,1H3,(H,13,15)/b14-10-. The molecule has 1 aromatic heterocycles. The Morgan fingerprint density at radius 3 is 3.20 bits per heavy atom. The number of ether oxygens (including phenoxy) is 1. The number of carbonyl (C=O) groups is 1. The van der Waals surface area contributed by atoms with Crippen LogP contribution in [0.25, 0.3) is 0 Å². The molecule has 1 aliphatic heterocycles. The predicted octanol–water partition coefficient (Wildman–Crippen LogP) is -0.350. The van der Waals surface area contributed by atoms with Crippen molar-refractivity contribution >= 4 is 30.1 Å². The Balaban J connectivity index is 2.07. The molecule has 1 unspecified atom stereocenters. The van der Waals surface area contributed by atoms with Crippen LogP contribution in [0.4, 0.5) is 0 Å². The van der Waals surface area contributed by atoms with E-state index in [1.807, 2.05) is 11.4 Å². The molecule has 0 spiro atoms. The van der Waals surface area contributed by atoms with Gasteiger partial charge in [-0.3, -0.25) is 4.79 Å². The molecule has 7 nitrogen and oxygen atoms in total. The van der Waals surface area contributed by atoms with Crippen molar-refractivity contribution in [3.05, 3.63) is 22.4 Å². The Morgan fingerprint density at radius 2 is 2.50 bits per heavy atom. The van der Waals surface area contributed by atoms with E-state index in [-0.39, 0.29) is 18.9 Å². The highest BCUT2D eigenvalue weighted by atomic mass is 32.1. The Kier molecular flexibility index (Phi) is 5.54. The van der Waals surface area contributed by atoms with Crippen LogP contribution in [-0.4, -0.2) is 56.6 Å². The highest BCUT2D eigenvalue weighted by Gasteiger charge is 2.32. The van der Waals surface area contributed by atoms with Gasteiger partial charge in [0.05, 0.1) is 30.6 Å². The maximum Gasteiger partial charge on any atom is 0.480 e. The molecule has 0 saturated carbocycles. The number of carbonyl (C=O) groups excluding carboxylic acids is 1. The molecule has 0 aromatic carbocycles. The van der Waals surface area contributed by atoms with Gasteiger partial charge in [-0.1, -0.05) is 11.2 Å². The number of hydrogen-bond acceptors (Lipinski definition) is 7. The summed E-state index contributed by atoms with van der Waals surface area (Å²) >= 11 is 1.37. The first kappa shape index (κ1) is 15.0. The average molecular weight is 298 g/mol. The summed E-state index contributed by atoms with van der Waals surface area (Å²) in [6.45, 7) is 0.850. The minimum Gasteiger partial charge on any atom is -0.426 e. The minimum absolute atomic E-state index is 0.152. The molecule has 1 aliphatic rings. The van der Waals surface area contributed by atoms with E-state index in [1.54, 1.807) is 6.07 Å². The predicted molar refractivity (Wildman–Crippen MR) is 74.5 cm³/mol. The summed E-state index contributed by atoms with van der Waals surface area (Å²) in [6.07, 6.45) is 0. The van der Waals surface area contributed by atoms with Gasteiger partial charge >= 0.3 is 7.12 Å². The number of amides is 1. The van der Waals surface area contributed by atoms with Crippen LogP contribution in [0.5, 0.6) is 0 Å². The number of oxime groups is 1. The highest BCUT2D eigenvalue weighted by Crippen LogP contribution is 2.11. The van der Waals surface area contributed by atoms with Gasteiger partial charge in [0, 0.05) is 0 Å². The summed E-state index contributed by atoms with van der Waals surface area (Å²) in [5, 5.41) is 18.0. The first-order valence-corrected chi connectivity index (χ1v) is 6.93. The molecular weight excluding hydrogens is 283 g/mol. The Labute approximate surface area is 120 Å².